The van der Waals surface area contributed by atoms with Crippen molar-refractivity contribution in [2.75, 3.05) is 0 Å². The Morgan fingerprint density at radius 1 is 1.45 bits per heavy atom. The van der Waals surface area contributed by atoms with Crippen LogP contribution in [0.5, 0.6) is 5.75 Å². The van der Waals surface area contributed by atoms with E-state index in [9.17, 15) is 0 Å². The maximum atomic E-state index is 8.88. The van der Waals surface area contributed by atoms with Crippen LogP contribution in [-0.4, -0.2) is 5.11 Å². The van der Waals surface area contributed by atoms with Gasteiger partial charge in [-0.1, -0.05) is 11.6 Å². The van der Waals surface area contributed by atoms with Gasteiger partial charge in [0.15, 0.2) is 4.98 Å². The van der Waals surface area contributed by atoms with Crippen LogP contribution in [-0.2, 0) is 0 Å². The van der Waals surface area contributed by atoms with Gasteiger partial charge in [0, 0.05) is 6.07 Å². The number of nitrogens with zero attached hydrogens (tertiary/aromatic N) is 2. The second-order valence-electron chi connectivity index (χ2n) is 1.74. The highest BCUT2D eigenvalue weighted by Crippen LogP contribution is 2.27. The molecule has 0 radical (unpaired) electrons. The van der Waals surface area contributed by atoms with Gasteiger partial charge in [-0.05, 0) is 6.07 Å². The second-order valence-corrected chi connectivity index (χ2v) is 2.14. The van der Waals surface area contributed by atoms with E-state index >= 15 is 0 Å². The molecule has 0 unspecified atom stereocenters. The number of aromatic hydroxyl groups is 1. The Morgan fingerprint density at radius 3 is 2.55 bits per heavy atom. The van der Waals surface area contributed by atoms with Crippen molar-refractivity contribution in [1.82, 2.24) is 0 Å². The highest BCUT2D eigenvalue weighted by molar-refractivity contribution is 6.32. The Morgan fingerprint density at radius 2 is 2.09 bits per heavy atom. The van der Waals surface area contributed by atoms with E-state index in [1.54, 1.807) is 0 Å². The fraction of sp³-hybridized carbons (Fsp3) is 0. The standard InChI is InChI=1S/C6H3ClN2O.ClH/c7-5-3-4(9-8)1-2-6(5)10;/h1-3H;1H/p+1. The van der Waals surface area contributed by atoms with Gasteiger partial charge >= 0.3 is 5.69 Å². The lowest BCUT2D eigenvalue weighted by molar-refractivity contribution is 0.475. The first-order valence-electron chi connectivity index (χ1n) is 2.57. The maximum absolute atomic E-state index is 8.88. The fourth-order valence-corrected chi connectivity index (χ4v) is 0.733. The van der Waals surface area contributed by atoms with Crippen molar-refractivity contribution in [2.45, 2.75) is 0 Å². The molecule has 0 amide bonds. The lowest BCUT2D eigenvalue weighted by Crippen LogP contribution is -1.65. The summed E-state index contributed by atoms with van der Waals surface area (Å²) in [6.45, 7) is 0. The van der Waals surface area contributed by atoms with Crippen LogP contribution < -0.4 is 0 Å². The highest BCUT2D eigenvalue weighted by Gasteiger charge is 2.06. The Labute approximate surface area is 74.6 Å². The summed E-state index contributed by atoms with van der Waals surface area (Å²) in [4.78, 5) is 2.88. The average molecular weight is 192 g/mol. The van der Waals surface area contributed by atoms with Gasteiger partial charge in [-0.3, -0.25) is 0 Å². The van der Waals surface area contributed by atoms with E-state index in [1.807, 2.05) is 0 Å². The van der Waals surface area contributed by atoms with Crippen LogP contribution in [0.4, 0.5) is 5.69 Å². The largest absolute Gasteiger partial charge is 0.506 e. The molecule has 1 aromatic rings. The number of diazo groups is 1. The number of benzene rings is 1. The van der Waals surface area contributed by atoms with Gasteiger partial charge in [0.2, 0.25) is 5.39 Å². The molecule has 0 heterocycles. The van der Waals surface area contributed by atoms with E-state index < -0.39 is 0 Å². The van der Waals surface area contributed by atoms with Crippen molar-refractivity contribution >= 4 is 29.7 Å². The minimum absolute atomic E-state index is 0. The van der Waals surface area contributed by atoms with Gasteiger partial charge in [0.25, 0.3) is 0 Å². The van der Waals surface area contributed by atoms with Crippen LogP contribution >= 0.6 is 24.0 Å². The third kappa shape index (κ3) is 2.26. The summed E-state index contributed by atoms with van der Waals surface area (Å²) in [7, 11) is 0. The van der Waals surface area contributed by atoms with Crippen molar-refractivity contribution in [3.8, 4) is 5.75 Å². The van der Waals surface area contributed by atoms with Crippen molar-refractivity contribution in [1.29, 1.82) is 5.39 Å². The van der Waals surface area contributed by atoms with Crippen LogP contribution in [0.1, 0.15) is 0 Å². The predicted molar refractivity (Wildman–Crippen MR) is 45.1 cm³/mol. The van der Waals surface area contributed by atoms with Gasteiger partial charge in [-0.15, -0.1) is 12.4 Å². The third-order valence-corrected chi connectivity index (χ3v) is 1.35. The summed E-state index contributed by atoms with van der Waals surface area (Å²) in [6, 6.07) is 4.16. The molecule has 0 aliphatic rings. The second kappa shape index (κ2) is 4.02. The molecule has 0 spiro atoms. The predicted octanol–water partition coefficient (Wildman–Crippen LogP) is 2.95. The molecule has 5 heteroatoms. The molecule has 0 bridgehead atoms. The Kier molecular flexibility index (Phi) is 3.66. The van der Waals surface area contributed by atoms with Crippen molar-refractivity contribution in [3.63, 3.8) is 0 Å². The van der Waals surface area contributed by atoms with Crippen LogP contribution in [0, 0.1) is 5.39 Å². The van der Waals surface area contributed by atoms with Gasteiger partial charge < -0.3 is 5.11 Å². The summed E-state index contributed by atoms with van der Waals surface area (Å²) in [5.41, 5.74) is 0.322. The normalized spacial score (nSPS) is 8.00. The SMILES string of the molecule is Cl.N#[N+]c1ccc(O)c(Cl)c1. The van der Waals surface area contributed by atoms with Crippen LogP contribution in [0.25, 0.3) is 4.98 Å². The maximum Gasteiger partial charge on any atom is 0.386 e. The van der Waals surface area contributed by atoms with E-state index in [-0.39, 0.29) is 23.2 Å². The summed E-state index contributed by atoms with van der Waals surface area (Å²) < 4.78 is 0. The number of rotatable bonds is 0. The number of halogens is 2. The Hall–Kier alpha value is -0.980. The zero-order valence-electron chi connectivity index (χ0n) is 5.36. The van der Waals surface area contributed by atoms with Gasteiger partial charge in [-0.25, -0.2) is 0 Å². The Balaban J connectivity index is 0.000001000. The molecule has 0 aliphatic heterocycles. The molecule has 58 valence electrons. The first kappa shape index (κ1) is 10.0. The molecule has 1 aromatic carbocycles. The fourth-order valence-electron chi connectivity index (χ4n) is 0.558. The Bertz CT molecular complexity index is 295. The molecule has 11 heavy (non-hydrogen) atoms. The molecule has 1 rings (SSSR count). The molecule has 0 saturated carbocycles. The van der Waals surface area contributed by atoms with Crippen LogP contribution in [0.3, 0.4) is 0 Å². The number of phenolic OH excluding ortho intramolecular Hbond substituents is 1. The van der Waals surface area contributed by atoms with Crippen LogP contribution in [0.2, 0.25) is 5.02 Å². The lowest BCUT2D eigenvalue weighted by Gasteiger charge is -1.88. The number of hydrogen-bond donors (Lipinski definition) is 1. The highest BCUT2D eigenvalue weighted by atomic mass is 35.5. The lowest BCUT2D eigenvalue weighted by atomic mass is 10.3. The summed E-state index contributed by atoms with van der Waals surface area (Å²) >= 11 is 5.47. The van der Waals surface area contributed by atoms with Crippen LogP contribution in [0.15, 0.2) is 18.2 Å². The van der Waals surface area contributed by atoms with E-state index in [4.69, 9.17) is 22.1 Å². The van der Waals surface area contributed by atoms with Gasteiger partial charge in [0.1, 0.15) is 5.75 Å². The van der Waals surface area contributed by atoms with Crippen molar-refractivity contribution < 1.29 is 5.11 Å². The van der Waals surface area contributed by atoms with E-state index in [0.717, 1.165) is 0 Å². The first-order chi connectivity index (χ1) is 4.74. The quantitative estimate of drug-likeness (QED) is 0.642. The molecule has 1 N–H and O–H groups in total. The van der Waals surface area contributed by atoms with Crippen molar-refractivity contribution in [2.24, 2.45) is 0 Å². The zero-order chi connectivity index (χ0) is 7.56. The minimum atomic E-state index is -0.0194. The van der Waals surface area contributed by atoms with E-state index in [2.05, 4.69) is 4.98 Å². The smallest absolute Gasteiger partial charge is 0.386 e. The van der Waals surface area contributed by atoms with E-state index in [0.29, 0.717) is 5.69 Å². The molecule has 0 saturated heterocycles. The van der Waals surface area contributed by atoms with E-state index in [1.165, 1.54) is 18.2 Å². The molecular weight excluding hydrogens is 187 g/mol. The average Bonchev–Trinajstić information content (AvgIpc) is 1.95. The molecule has 0 atom stereocenters. The topological polar surface area (TPSA) is 48.4 Å². The zero-order valence-corrected chi connectivity index (χ0v) is 6.93. The summed E-state index contributed by atoms with van der Waals surface area (Å²) in [5, 5.41) is 17.3. The molecule has 0 aliphatic carbocycles. The third-order valence-electron chi connectivity index (χ3n) is 1.05. The number of phenols is 1. The first-order valence-corrected chi connectivity index (χ1v) is 2.95. The molecular formula is C6H5Cl2N2O+. The summed E-state index contributed by atoms with van der Waals surface area (Å²) in [5.74, 6) is -0.0194. The molecule has 0 aromatic heterocycles. The monoisotopic (exact) mass is 191 g/mol. The number of hydrogen-bond acceptors (Lipinski definition) is 2. The van der Waals surface area contributed by atoms with Gasteiger partial charge in [0.05, 0.1) is 11.1 Å². The van der Waals surface area contributed by atoms with Crippen molar-refractivity contribution in [3.05, 3.63) is 28.2 Å². The van der Waals surface area contributed by atoms with Gasteiger partial charge in [-0.2, -0.15) is 0 Å². The molecule has 0 fully saturated rings. The minimum Gasteiger partial charge on any atom is -0.506 e. The summed E-state index contributed by atoms with van der Waals surface area (Å²) in [6.07, 6.45) is 0. The molecule has 3 nitrogen and oxygen atoms in total.